The molecule has 3 amide bonds. The number of hydrogen-bond acceptors (Lipinski definition) is 5. The van der Waals surface area contributed by atoms with Gasteiger partial charge in [0.15, 0.2) is 0 Å². The van der Waals surface area contributed by atoms with Crippen molar-refractivity contribution in [3.63, 3.8) is 0 Å². The summed E-state index contributed by atoms with van der Waals surface area (Å²) in [4.78, 5) is 41.7. The van der Waals surface area contributed by atoms with Crippen molar-refractivity contribution in [2.45, 2.75) is 113 Å². The number of benzene rings is 1. The summed E-state index contributed by atoms with van der Waals surface area (Å²) in [5, 5.41) is 6.00. The summed E-state index contributed by atoms with van der Waals surface area (Å²) in [6, 6.07) is 5.77. The van der Waals surface area contributed by atoms with Crippen molar-refractivity contribution < 1.29 is 27.6 Å². The summed E-state index contributed by atoms with van der Waals surface area (Å²) in [5.41, 5.74) is 0.919. The number of imide groups is 1. The van der Waals surface area contributed by atoms with Gasteiger partial charge in [-0.05, 0) is 75.8 Å². The van der Waals surface area contributed by atoms with Gasteiger partial charge in [0.2, 0.25) is 11.8 Å². The zero-order valence-corrected chi connectivity index (χ0v) is 22.7. The molecule has 5 saturated carbocycles. The second kappa shape index (κ2) is 9.19. The van der Waals surface area contributed by atoms with E-state index in [1.54, 1.807) is 4.90 Å². The first kappa shape index (κ1) is 26.3. The Balaban J connectivity index is 1.05. The highest BCUT2D eigenvalue weighted by atomic mass is 19.4. The average molecular weight is 559 g/mol. The molecule has 2 aliphatic heterocycles. The highest BCUT2D eigenvalue weighted by Crippen LogP contribution is 2.73. The molecule has 2 bridgehead atoms. The van der Waals surface area contributed by atoms with Gasteiger partial charge in [-0.1, -0.05) is 18.9 Å². The quantitative estimate of drug-likeness (QED) is 0.461. The number of alkyl halides is 3. The van der Waals surface area contributed by atoms with Crippen LogP contribution in [0.4, 0.5) is 18.9 Å². The molecule has 10 heteroatoms. The van der Waals surface area contributed by atoms with Gasteiger partial charge in [-0.3, -0.25) is 19.7 Å². The van der Waals surface area contributed by atoms with E-state index in [4.69, 9.17) is 0 Å². The molecule has 1 saturated heterocycles. The van der Waals surface area contributed by atoms with Crippen molar-refractivity contribution in [3.8, 4) is 0 Å². The maximum absolute atomic E-state index is 13.4. The van der Waals surface area contributed by atoms with Crippen molar-refractivity contribution in [1.29, 1.82) is 0 Å². The number of halogens is 3. The lowest BCUT2D eigenvalue weighted by molar-refractivity contribution is -0.340. The molecule has 8 rings (SSSR count). The fourth-order valence-electron chi connectivity index (χ4n) is 8.27. The number of piperidine rings is 1. The van der Waals surface area contributed by atoms with Crippen LogP contribution in [-0.2, 0) is 16.1 Å². The summed E-state index contributed by atoms with van der Waals surface area (Å²) in [6.07, 6.45) is 4.58. The van der Waals surface area contributed by atoms with Crippen LogP contribution in [0.25, 0.3) is 0 Å². The largest absolute Gasteiger partial charge is 0.394 e. The summed E-state index contributed by atoms with van der Waals surface area (Å²) >= 11 is 0. The van der Waals surface area contributed by atoms with Gasteiger partial charge in [0, 0.05) is 53.9 Å². The Hall–Kier alpha value is -2.62. The molecule has 2 heterocycles. The van der Waals surface area contributed by atoms with Crippen molar-refractivity contribution in [2.24, 2.45) is 11.3 Å². The van der Waals surface area contributed by atoms with Gasteiger partial charge < -0.3 is 15.1 Å². The predicted octanol–water partition coefficient (Wildman–Crippen LogP) is 4.44. The number of nitrogens with zero attached hydrogens (tertiary/aromatic N) is 2. The molecule has 1 atom stereocenters. The first-order valence-corrected chi connectivity index (χ1v) is 14.9. The normalized spacial score (nSPS) is 35.1. The lowest BCUT2D eigenvalue weighted by Crippen LogP contribution is -2.79. The van der Waals surface area contributed by atoms with Crippen molar-refractivity contribution in [1.82, 2.24) is 15.5 Å². The van der Waals surface area contributed by atoms with Gasteiger partial charge in [0.05, 0.1) is 5.41 Å². The van der Waals surface area contributed by atoms with Gasteiger partial charge >= 0.3 is 6.18 Å². The molecule has 1 aromatic carbocycles. The Labute approximate surface area is 232 Å². The van der Waals surface area contributed by atoms with Gasteiger partial charge in [-0.25, -0.2) is 0 Å². The molecule has 7 aliphatic rings. The Morgan fingerprint density at radius 2 is 1.73 bits per heavy atom. The van der Waals surface area contributed by atoms with Crippen LogP contribution in [0.1, 0.15) is 93.0 Å². The van der Waals surface area contributed by atoms with E-state index in [1.807, 2.05) is 12.1 Å². The smallest absolute Gasteiger partial charge is 0.368 e. The Morgan fingerprint density at radius 1 is 1.00 bits per heavy atom. The number of fused-ring (bicyclic) bond motifs is 1. The molecular formula is C30H37F3N4O3. The summed E-state index contributed by atoms with van der Waals surface area (Å²) in [6.45, 7) is 1.27. The van der Waals surface area contributed by atoms with E-state index in [1.165, 1.54) is 12.8 Å². The third-order valence-electron chi connectivity index (χ3n) is 10.6. The minimum absolute atomic E-state index is 0.156. The fraction of sp³-hybridized carbons (Fsp3) is 0.700. The SMILES string of the molecule is O=C1CCC(N2Cc3c(cccc3N(CCC3CC3)C3CCC(NC45CC(C(F)(F)F)(C4)C5)CC3)C2=O)C(=O)N1. The molecule has 40 heavy (non-hydrogen) atoms. The molecule has 1 unspecified atom stereocenters. The number of anilines is 1. The maximum atomic E-state index is 13.4. The fourth-order valence-corrected chi connectivity index (χ4v) is 8.27. The molecule has 1 aromatic rings. The van der Waals surface area contributed by atoms with Crippen LogP contribution in [0.5, 0.6) is 0 Å². The van der Waals surface area contributed by atoms with Crippen molar-refractivity contribution in [2.75, 3.05) is 11.4 Å². The van der Waals surface area contributed by atoms with E-state index in [0.29, 0.717) is 24.6 Å². The lowest BCUT2D eigenvalue weighted by atomic mass is 9.39. The van der Waals surface area contributed by atoms with E-state index in [-0.39, 0.29) is 49.1 Å². The van der Waals surface area contributed by atoms with Crippen LogP contribution in [-0.4, -0.2) is 59.0 Å². The van der Waals surface area contributed by atoms with Crippen LogP contribution >= 0.6 is 0 Å². The number of hydrogen-bond donors (Lipinski definition) is 2. The standard InChI is InChI=1S/C30H37F3N4O3/c31-30(32,33)28-15-29(16-28,17-28)35-19-6-8-20(9-7-19)36(13-12-18-4-5-18)23-3-1-2-21-22(23)14-37(27(21)40)24-10-11-25(38)34-26(24)39/h1-3,18-20,24,35H,4-17H2,(H,34,38,39). The highest BCUT2D eigenvalue weighted by Gasteiger charge is 2.78. The molecule has 216 valence electrons. The van der Waals surface area contributed by atoms with Gasteiger partial charge in [-0.2, -0.15) is 13.2 Å². The third kappa shape index (κ3) is 4.32. The third-order valence-corrected chi connectivity index (χ3v) is 10.6. The van der Waals surface area contributed by atoms with E-state index >= 15 is 0 Å². The second-order valence-electron chi connectivity index (χ2n) is 13.4. The number of carbonyl (C=O) groups is 3. The van der Waals surface area contributed by atoms with Crippen molar-refractivity contribution >= 4 is 23.4 Å². The van der Waals surface area contributed by atoms with Crippen LogP contribution in [0.3, 0.4) is 0 Å². The molecular weight excluding hydrogens is 521 g/mol. The number of nitrogens with one attached hydrogen (secondary N) is 2. The van der Waals surface area contributed by atoms with Crippen LogP contribution in [0.2, 0.25) is 0 Å². The summed E-state index contributed by atoms with van der Waals surface area (Å²) in [7, 11) is 0. The first-order chi connectivity index (χ1) is 19.1. The summed E-state index contributed by atoms with van der Waals surface area (Å²) < 4.78 is 39.9. The molecule has 0 aromatic heterocycles. The first-order valence-electron chi connectivity index (χ1n) is 14.9. The Bertz CT molecular complexity index is 1220. The molecule has 0 radical (unpaired) electrons. The van der Waals surface area contributed by atoms with E-state index in [9.17, 15) is 27.6 Å². The van der Waals surface area contributed by atoms with Crippen LogP contribution in [0, 0.1) is 11.3 Å². The summed E-state index contributed by atoms with van der Waals surface area (Å²) in [5.74, 6) is -0.0998. The lowest BCUT2D eigenvalue weighted by Gasteiger charge is -2.71. The maximum Gasteiger partial charge on any atom is 0.394 e. The molecule has 0 spiro atoms. The zero-order valence-electron chi connectivity index (χ0n) is 22.7. The van der Waals surface area contributed by atoms with Gasteiger partial charge in [0.25, 0.3) is 5.91 Å². The number of carbonyl (C=O) groups excluding carboxylic acids is 3. The minimum atomic E-state index is -4.08. The zero-order chi connectivity index (χ0) is 27.9. The predicted molar refractivity (Wildman–Crippen MR) is 141 cm³/mol. The molecule has 6 fully saturated rings. The highest BCUT2D eigenvalue weighted by molar-refractivity contribution is 6.06. The monoisotopic (exact) mass is 558 g/mol. The minimum Gasteiger partial charge on any atom is -0.368 e. The van der Waals surface area contributed by atoms with Crippen LogP contribution in [0.15, 0.2) is 18.2 Å². The Kier molecular flexibility index (Phi) is 6.04. The topological polar surface area (TPSA) is 81.8 Å². The van der Waals surface area contributed by atoms with Crippen LogP contribution < -0.4 is 15.5 Å². The Morgan fingerprint density at radius 3 is 2.38 bits per heavy atom. The number of rotatable bonds is 8. The molecule has 7 nitrogen and oxygen atoms in total. The van der Waals surface area contributed by atoms with E-state index < -0.39 is 23.5 Å². The number of amides is 3. The average Bonchev–Trinajstić information content (AvgIpc) is 3.63. The van der Waals surface area contributed by atoms with E-state index in [0.717, 1.165) is 55.8 Å². The van der Waals surface area contributed by atoms with Gasteiger partial charge in [-0.15, -0.1) is 0 Å². The van der Waals surface area contributed by atoms with E-state index in [2.05, 4.69) is 21.6 Å². The van der Waals surface area contributed by atoms with Crippen molar-refractivity contribution in [3.05, 3.63) is 29.3 Å². The molecule has 2 N–H and O–H groups in total. The second-order valence-corrected chi connectivity index (χ2v) is 13.4. The molecule has 5 aliphatic carbocycles. The van der Waals surface area contributed by atoms with Gasteiger partial charge in [0.1, 0.15) is 6.04 Å².